The second kappa shape index (κ2) is 4.76. The Morgan fingerprint density at radius 3 is 2.75 bits per heavy atom. The zero-order valence-corrected chi connectivity index (χ0v) is 6.85. The Morgan fingerprint density at radius 1 is 1.50 bits per heavy atom. The lowest BCUT2D eigenvalue weighted by Crippen LogP contribution is -2.17. The molecule has 0 aromatic rings. The lowest BCUT2D eigenvalue weighted by atomic mass is 10.4. The van der Waals surface area contributed by atoms with E-state index in [1.165, 1.54) is 0 Å². The van der Waals surface area contributed by atoms with Gasteiger partial charge < -0.3 is 15.2 Å². The molecule has 12 heavy (non-hydrogen) atoms. The normalized spacial score (nSPS) is 18.4. The number of rotatable bonds is 4. The van der Waals surface area contributed by atoms with Gasteiger partial charge in [0.05, 0.1) is 18.2 Å². The van der Waals surface area contributed by atoms with Gasteiger partial charge in [0.2, 0.25) is 0 Å². The van der Waals surface area contributed by atoms with Crippen LogP contribution in [0.3, 0.4) is 0 Å². The zero-order valence-electron chi connectivity index (χ0n) is 6.85. The summed E-state index contributed by atoms with van der Waals surface area (Å²) >= 11 is 0. The predicted octanol–water partition coefficient (Wildman–Crippen LogP) is -0.116. The van der Waals surface area contributed by atoms with Crippen molar-refractivity contribution in [1.29, 1.82) is 0 Å². The SMILES string of the molecule is [O-]/[N+](=N\N1CCCC1)OCCO. The van der Waals surface area contributed by atoms with E-state index in [1.807, 2.05) is 0 Å². The van der Waals surface area contributed by atoms with E-state index in [0.717, 1.165) is 25.9 Å². The van der Waals surface area contributed by atoms with Crippen LogP contribution in [-0.2, 0) is 4.84 Å². The standard InChI is InChI=1S/C6H13N3O3/c10-5-6-12-9(11)7-8-3-1-2-4-8/h10H,1-6H2/b9-7+. The van der Waals surface area contributed by atoms with Crippen LogP contribution >= 0.6 is 0 Å². The smallest absolute Gasteiger partial charge is 0.130 e. The van der Waals surface area contributed by atoms with Crippen LogP contribution in [0.4, 0.5) is 0 Å². The van der Waals surface area contributed by atoms with Crippen molar-refractivity contribution in [3.05, 3.63) is 5.21 Å². The van der Waals surface area contributed by atoms with E-state index in [4.69, 9.17) is 5.11 Å². The number of hydrogen-bond acceptors (Lipinski definition) is 4. The van der Waals surface area contributed by atoms with Crippen LogP contribution in [-0.4, -0.2) is 41.4 Å². The summed E-state index contributed by atoms with van der Waals surface area (Å²) in [5.74, 6) is 0. The van der Waals surface area contributed by atoms with Gasteiger partial charge in [0.15, 0.2) is 0 Å². The van der Waals surface area contributed by atoms with Crippen molar-refractivity contribution in [2.24, 2.45) is 5.22 Å². The third-order valence-corrected chi connectivity index (χ3v) is 1.57. The van der Waals surface area contributed by atoms with E-state index >= 15 is 0 Å². The van der Waals surface area contributed by atoms with Gasteiger partial charge in [0, 0.05) is 0 Å². The van der Waals surface area contributed by atoms with Crippen molar-refractivity contribution in [2.45, 2.75) is 12.8 Å². The minimum absolute atomic E-state index is 0.0131. The molecule has 0 radical (unpaired) electrons. The van der Waals surface area contributed by atoms with Gasteiger partial charge in [-0.3, -0.25) is 0 Å². The van der Waals surface area contributed by atoms with Crippen LogP contribution in [0.2, 0.25) is 0 Å². The summed E-state index contributed by atoms with van der Waals surface area (Å²) in [7, 11) is 0. The first kappa shape index (κ1) is 9.05. The maximum absolute atomic E-state index is 10.7. The molecule has 0 atom stereocenters. The fourth-order valence-electron chi connectivity index (χ4n) is 1.04. The molecular weight excluding hydrogens is 162 g/mol. The average Bonchev–Trinajstić information content (AvgIpc) is 2.53. The van der Waals surface area contributed by atoms with Crippen molar-refractivity contribution >= 4 is 0 Å². The largest absolute Gasteiger partial charge is 0.455 e. The van der Waals surface area contributed by atoms with Crippen molar-refractivity contribution in [1.82, 2.24) is 5.01 Å². The number of aliphatic hydroxyl groups excluding tert-OH is 1. The van der Waals surface area contributed by atoms with Gasteiger partial charge in [-0.25, -0.2) is 0 Å². The topological polar surface area (TPSA) is 71.1 Å². The third kappa shape index (κ3) is 2.91. The quantitative estimate of drug-likeness (QED) is 0.477. The van der Waals surface area contributed by atoms with E-state index in [2.05, 4.69) is 10.1 Å². The van der Waals surface area contributed by atoms with Crippen molar-refractivity contribution in [3.63, 3.8) is 0 Å². The van der Waals surface area contributed by atoms with Crippen molar-refractivity contribution in [2.75, 3.05) is 26.3 Å². The molecule has 1 aliphatic rings. The van der Waals surface area contributed by atoms with Gasteiger partial charge in [0.1, 0.15) is 18.3 Å². The van der Waals surface area contributed by atoms with E-state index in [-0.39, 0.29) is 18.2 Å². The molecule has 1 fully saturated rings. The fourth-order valence-corrected chi connectivity index (χ4v) is 1.04. The van der Waals surface area contributed by atoms with Crippen LogP contribution in [0, 0.1) is 5.21 Å². The lowest BCUT2D eigenvalue weighted by molar-refractivity contribution is -0.798. The first-order valence-corrected chi connectivity index (χ1v) is 4.00. The summed E-state index contributed by atoms with van der Waals surface area (Å²) in [5.41, 5.74) is 0. The van der Waals surface area contributed by atoms with E-state index in [0.29, 0.717) is 0 Å². The first-order valence-electron chi connectivity index (χ1n) is 4.00. The molecule has 1 heterocycles. The summed E-state index contributed by atoms with van der Waals surface area (Å²) in [5, 5.41) is 24.5. The zero-order chi connectivity index (χ0) is 8.81. The summed E-state index contributed by atoms with van der Waals surface area (Å²) in [4.78, 5) is 4.47. The second-order valence-corrected chi connectivity index (χ2v) is 2.54. The maximum Gasteiger partial charge on any atom is 0.130 e. The van der Waals surface area contributed by atoms with Gasteiger partial charge in [-0.15, -0.1) is 0 Å². The van der Waals surface area contributed by atoms with Crippen molar-refractivity contribution in [3.8, 4) is 0 Å². The Labute approximate surface area is 70.6 Å². The van der Waals surface area contributed by atoms with E-state index in [9.17, 15) is 5.21 Å². The number of hydrogen-bond donors (Lipinski definition) is 1. The first-order chi connectivity index (χ1) is 5.83. The number of nitrogens with zero attached hydrogens (tertiary/aromatic N) is 3. The summed E-state index contributed by atoms with van der Waals surface area (Å²) < 4.78 is 0. The molecule has 6 nitrogen and oxygen atoms in total. The molecule has 70 valence electrons. The highest BCUT2D eigenvalue weighted by molar-refractivity contribution is 4.58. The third-order valence-electron chi connectivity index (χ3n) is 1.57. The highest BCUT2D eigenvalue weighted by atomic mass is 16.9. The van der Waals surface area contributed by atoms with Crippen LogP contribution in [0.1, 0.15) is 12.8 Å². The van der Waals surface area contributed by atoms with Gasteiger partial charge in [0.25, 0.3) is 0 Å². The molecule has 1 rings (SSSR count). The minimum Gasteiger partial charge on any atom is -0.455 e. The minimum atomic E-state index is -0.172. The Bertz CT molecular complexity index is 156. The molecule has 0 aliphatic carbocycles. The molecule has 0 unspecified atom stereocenters. The van der Waals surface area contributed by atoms with Gasteiger partial charge in [-0.1, -0.05) is 0 Å². The lowest BCUT2D eigenvalue weighted by Gasteiger charge is -2.07. The molecule has 0 amide bonds. The van der Waals surface area contributed by atoms with E-state index in [1.54, 1.807) is 5.01 Å². The van der Waals surface area contributed by atoms with Crippen LogP contribution in [0.15, 0.2) is 5.22 Å². The highest BCUT2D eigenvalue weighted by Gasteiger charge is 2.16. The number of aliphatic hydroxyl groups is 1. The maximum atomic E-state index is 10.7. The Hall–Kier alpha value is -1.04. The van der Waals surface area contributed by atoms with Gasteiger partial charge in [-0.05, 0) is 12.8 Å². The Kier molecular flexibility index (Phi) is 3.59. The van der Waals surface area contributed by atoms with Gasteiger partial charge >= 0.3 is 0 Å². The van der Waals surface area contributed by atoms with E-state index < -0.39 is 0 Å². The molecule has 6 heteroatoms. The summed E-state index contributed by atoms with van der Waals surface area (Å²) in [6, 6.07) is 0. The molecule has 1 saturated heterocycles. The van der Waals surface area contributed by atoms with Crippen LogP contribution in [0.5, 0.6) is 0 Å². The predicted molar refractivity (Wildman–Crippen MR) is 39.9 cm³/mol. The Morgan fingerprint density at radius 2 is 2.17 bits per heavy atom. The molecule has 0 aromatic carbocycles. The van der Waals surface area contributed by atoms with Crippen molar-refractivity contribution < 1.29 is 15.0 Å². The highest BCUT2D eigenvalue weighted by Crippen LogP contribution is 2.07. The average molecular weight is 175 g/mol. The fraction of sp³-hybridized carbons (Fsp3) is 1.00. The Balaban J connectivity index is 2.23. The molecular formula is C6H13N3O3. The molecule has 0 spiro atoms. The molecule has 0 saturated carbocycles. The summed E-state index contributed by atoms with van der Waals surface area (Å²) in [6.45, 7) is 1.43. The summed E-state index contributed by atoms with van der Waals surface area (Å²) in [6.07, 6.45) is 2.13. The van der Waals surface area contributed by atoms with Crippen LogP contribution in [0.25, 0.3) is 0 Å². The molecule has 0 aromatic heterocycles. The second-order valence-electron chi connectivity index (χ2n) is 2.54. The molecule has 1 aliphatic heterocycles. The monoisotopic (exact) mass is 175 g/mol. The van der Waals surface area contributed by atoms with Gasteiger partial charge in [-0.2, -0.15) is 5.01 Å². The molecule has 1 N–H and O–H groups in total. The van der Waals surface area contributed by atoms with Crippen LogP contribution < -0.4 is 0 Å². The molecule has 0 bridgehead atoms.